The Morgan fingerprint density at radius 2 is 1.78 bits per heavy atom. The summed E-state index contributed by atoms with van der Waals surface area (Å²) in [5.41, 5.74) is 0.648. The summed E-state index contributed by atoms with van der Waals surface area (Å²) in [6, 6.07) is 8.88. The van der Waals surface area contributed by atoms with Gasteiger partial charge < -0.3 is 14.1 Å². The molecule has 1 saturated heterocycles. The molecule has 2 aromatic rings. The van der Waals surface area contributed by atoms with Crippen LogP contribution in [0.4, 0.5) is 5.88 Å². The standard InChI is InChI=1S/C13H13NO3.C2H6O3S/c15-11-9-13(14-5-7-16-8-6-14)17-12-4-2-1-3-10(11)12;1-5-6(2,3)4/h1-4,9H,5-8H2;1-2H3. The van der Waals surface area contributed by atoms with Crippen LogP contribution >= 0.6 is 0 Å². The Labute approximate surface area is 134 Å². The lowest BCUT2D eigenvalue weighted by Crippen LogP contribution is -2.36. The van der Waals surface area contributed by atoms with Crippen molar-refractivity contribution in [2.45, 2.75) is 0 Å². The van der Waals surface area contributed by atoms with E-state index in [1.807, 2.05) is 23.1 Å². The lowest BCUT2D eigenvalue weighted by molar-refractivity contribution is 0.121. The van der Waals surface area contributed by atoms with Crippen molar-refractivity contribution in [2.24, 2.45) is 0 Å². The lowest BCUT2D eigenvalue weighted by atomic mass is 10.2. The number of para-hydroxylation sites is 1. The number of rotatable bonds is 2. The molecule has 0 saturated carbocycles. The normalized spacial score (nSPS) is 15.1. The zero-order chi connectivity index (χ0) is 16.9. The highest BCUT2D eigenvalue weighted by Gasteiger charge is 2.14. The molecule has 1 aromatic heterocycles. The highest BCUT2D eigenvalue weighted by Crippen LogP contribution is 2.19. The first kappa shape index (κ1) is 17.5. The third-order valence-corrected chi connectivity index (χ3v) is 3.85. The van der Waals surface area contributed by atoms with E-state index in [0.717, 1.165) is 26.5 Å². The number of hydrogen-bond acceptors (Lipinski definition) is 7. The molecule has 8 heteroatoms. The maximum Gasteiger partial charge on any atom is 0.264 e. The van der Waals surface area contributed by atoms with Crippen molar-refractivity contribution in [3.8, 4) is 0 Å². The number of benzene rings is 1. The van der Waals surface area contributed by atoms with Crippen LogP contribution in [0.15, 0.2) is 39.5 Å². The molecule has 0 aliphatic carbocycles. The average Bonchev–Trinajstić information content (AvgIpc) is 2.55. The van der Waals surface area contributed by atoms with Crippen molar-refractivity contribution >= 4 is 27.0 Å². The summed E-state index contributed by atoms with van der Waals surface area (Å²) >= 11 is 0. The maximum absolute atomic E-state index is 11.9. The van der Waals surface area contributed by atoms with Crippen molar-refractivity contribution in [2.75, 3.05) is 44.6 Å². The maximum atomic E-state index is 11.9. The quantitative estimate of drug-likeness (QED) is 0.759. The zero-order valence-corrected chi connectivity index (χ0v) is 13.8. The van der Waals surface area contributed by atoms with E-state index in [2.05, 4.69) is 4.18 Å². The van der Waals surface area contributed by atoms with Gasteiger partial charge in [-0.15, -0.1) is 0 Å². The fraction of sp³-hybridized carbons (Fsp3) is 0.400. The van der Waals surface area contributed by atoms with Gasteiger partial charge in [-0.25, -0.2) is 0 Å². The van der Waals surface area contributed by atoms with Crippen molar-refractivity contribution < 1.29 is 21.8 Å². The number of anilines is 1. The molecular formula is C15H19NO6S. The second-order valence-electron chi connectivity index (χ2n) is 4.92. The molecule has 0 atom stereocenters. The van der Waals surface area contributed by atoms with Gasteiger partial charge in [0.05, 0.1) is 32.0 Å². The van der Waals surface area contributed by atoms with Crippen LogP contribution in [0.1, 0.15) is 0 Å². The lowest BCUT2D eigenvalue weighted by Gasteiger charge is -2.27. The molecule has 0 radical (unpaired) electrons. The monoisotopic (exact) mass is 341 g/mol. The van der Waals surface area contributed by atoms with Crippen molar-refractivity contribution in [3.63, 3.8) is 0 Å². The van der Waals surface area contributed by atoms with Gasteiger partial charge in [-0.05, 0) is 12.1 Å². The van der Waals surface area contributed by atoms with Crippen LogP contribution in [0.2, 0.25) is 0 Å². The van der Waals surface area contributed by atoms with Gasteiger partial charge in [-0.2, -0.15) is 8.42 Å². The molecule has 0 bridgehead atoms. The Hall–Kier alpha value is -1.90. The molecule has 7 nitrogen and oxygen atoms in total. The SMILES string of the molecule is COS(C)(=O)=O.O=c1cc(N2CCOCC2)oc2ccccc12. The van der Waals surface area contributed by atoms with Gasteiger partial charge in [0.1, 0.15) is 5.58 Å². The number of fused-ring (bicyclic) bond motifs is 1. The average molecular weight is 341 g/mol. The summed E-state index contributed by atoms with van der Waals surface area (Å²) in [4.78, 5) is 14.0. The van der Waals surface area contributed by atoms with E-state index < -0.39 is 10.1 Å². The number of nitrogens with zero attached hydrogens (tertiary/aromatic N) is 1. The highest BCUT2D eigenvalue weighted by atomic mass is 32.2. The number of hydrogen-bond donors (Lipinski definition) is 0. The van der Waals surface area contributed by atoms with Crippen LogP contribution in [0.5, 0.6) is 0 Å². The van der Waals surface area contributed by atoms with E-state index in [1.165, 1.54) is 0 Å². The van der Waals surface area contributed by atoms with Crippen LogP contribution in [0.25, 0.3) is 11.0 Å². The molecule has 0 spiro atoms. The van der Waals surface area contributed by atoms with Crippen LogP contribution in [-0.2, 0) is 19.0 Å². The van der Waals surface area contributed by atoms with E-state index in [0.29, 0.717) is 30.1 Å². The Morgan fingerprint density at radius 1 is 1.17 bits per heavy atom. The van der Waals surface area contributed by atoms with Gasteiger partial charge >= 0.3 is 0 Å². The molecule has 1 aliphatic rings. The summed E-state index contributed by atoms with van der Waals surface area (Å²) in [6.45, 7) is 2.88. The summed E-state index contributed by atoms with van der Waals surface area (Å²) in [5.74, 6) is 0.636. The van der Waals surface area contributed by atoms with Gasteiger partial charge in [0.15, 0.2) is 11.3 Å². The third-order valence-electron chi connectivity index (χ3n) is 3.25. The van der Waals surface area contributed by atoms with E-state index in [1.54, 1.807) is 12.1 Å². The van der Waals surface area contributed by atoms with Gasteiger partial charge in [0, 0.05) is 19.2 Å². The molecule has 0 unspecified atom stereocenters. The van der Waals surface area contributed by atoms with Crippen LogP contribution in [-0.4, -0.2) is 48.1 Å². The van der Waals surface area contributed by atoms with Crippen molar-refractivity contribution in [3.05, 3.63) is 40.6 Å². The second kappa shape index (κ2) is 7.58. The Bertz CT molecular complexity index is 808. The molecule has 1 aromatic carbocycles. The molecule has 1 fully saturated rings. The van der Waals surface area contributed by atoms with Gasteiger partial charge in [0.2, 0.25) is 0 Å². The van der Waals surface area contributed by atoms with Gasteiger partial charge in [-0.3, -0.25) is 8.98 Å². The van der Waals surface area contributed by atoms with Crippen LogP contribution < -0.4 is 10.3 Å². The third kappa shape index (κ3) is 5.05. The van der Waals surface area contributed by atoms with Crippen LogP contribution in [0.3, 0.4) is 0 Å². The molecule has 23 heavy (non-hydrogen) atoms. The van der Waals surface area contributed by atoms with Gasteiger partial charge in [0.25, 0.3) is 10.1 Å². The first-order valence-electron chi connectivity index (χ1n) is 7.02. The summed E-state index contributed by atoms with van der Waals surface area (Å²) < 4.78 is 34.5. The molecule has 2 heterocycles. The van der Waals surface area contributed by atoms with E-state index >= 15 is 0 Å². The highest BCUT2D eigenvalue weighted by molar-refractivity contribution is 7.85. The predicted molar refractivity (Wildman–Crippen MR) is 87.4 cm³/mol. The smallest absolute Gasteiger partial charge is 0.264 e. The van der Waals surface area contributed by atoms with E-state index in [-0.39, 0.29) is 5.43 Å². The Morgan fingerprint density at radius 3 is 2.39 bits per heavy atom. The van der Waals surface area contributed by atoms with E-state index in [9.17, 15) is 13.2 Å². The summed E-state index contributed by atoms with van der Waals surface area (Å²) in [7, 11) is -2.04. The van der Waals surface area contributed by atoms with Crippen LogP contribution in [0, 0.1) is 0 Å². The Balaban J connectivity index is 0.000000277. The molecule has 0 N–H and O–H groups in total. The number of ether oxygens (including phenoxy) is 1. The fourth-order valence-corrected chi connectivity index (χ4v) is 2.03. The molecule has 1 aliphatic heterocycles. The number of morpholine rings is 1. The minimum atomic E-state index is -3.16. The predicted octanol–water partition coefficient (Wildman–Crippen LogP) is 1.22. The molecule has 3 rings (SSSR count). The summed E-state index contributed by atoms with van der Waals surface area (Å²) in [5, 5.41) is 0.629. The largest absolute Gasteiger partial charge is 0.440 e. The molecule has 0 amide bonds. The first-order valence-corrected chi connectivity index (χ1v) is 8.83. The van der Waals surface area contributed by atoms with E-state index in [4.69, 9.17) is 9.15 Å². The Kier molecular flexibility index (Phi) is 5.75. The zero-order valence-electron chi connectivity index (χ0n) is 13.0. The molecule has 126 valence electrons. The first-order chi connectivity index (χ1) is 10.9. The minimum Gasteiger partial charge on any atom is -0.440 e. The minimum absolute atomic E-state index is 0.00772. The topological polar surface area (TPSA) is 86.1 Å². The summed E-state index contributed by atoms with van der Waals surface area (Å²) in [6.07, 6.45) is 0.993. The molecular weight excluding hydrogens is 322 g/mol. The van der Waals surface area contributed by atoms with Crippen molar-refractivity contribution in [1.29, 1.82) is 0 Å². The van der Waals surface area contributed by atoms with Gasteiger partial charge in [-0.1, -0.05) is 12.1 Å². The fourth-order valence-electron chi connectivity index (χ4n) is 2.03. The second-order valence-corrected chi connectivity index (χ2v) is 6.66. The van der Waals surface area contributed by atoms with Crippen molar-refractivity contribution in [1.82, 2.24) is 0 Å².